The summed E-state index contributed by atoms with van der Waals surface area (Å²) >= 11 is 0. The summed E-state index contributed by atoms with van der Waals surface area (Å²) in [6.45, 7) is 5.02. The van der Waals surface area contributed by atoms with Gasteiger partial charge in [-0.25, -0.2) is 9.97 Å². The third kappa shape index (κ3) is 4.66. The van der Waals surface area contributed by atoms with Crippen LogP contribution >= 0.6 is 0 Å². The lowest BCUT2D eigenvalue weighted by Gasteiger charge is -2.32. The van der Waals surface area contributed by atoms with Crippen molar-refractivity contribution in [1.29, 1.82) is 0 Å². The van der Waals surface area contributed by atoms with Crippen molar-refractivity contribution >= 4 is 5.95 Å². The third-order valence-corrected chi connectivity index (χ3v) is 6.74. The van der Waals surface area contributed by atoms with E-state index in [0.717, 1.165) is 74.3 Å². The first-order valence-corrected chi connectivity index (χ1v) is 11.8. The van der Waals surface area contributed by atoms with Gasteiger partial charge in [0.1, 0.15) is 0 Å². The first-order valence-electron chi connectivity index (χ1n) is 11.8. The second kappa shape index (κ2) is 9.79. The molecule has 0 unspecified atom stereocenters. The molecule has 0 amide bonds. The first-order chi connectivity index (χ1) is 16.2. The number of nitrogens with zero attached hydrogens (tertiary/aromatic N) is 5. The van der Waals surface area contributed by atoms with E-state index in [-0.39, 0.29) is 0 Å². The van der Waals surface area contributed by atoms with E-state index in [1.807, 2.05) is 24.5 Å². The smallest absolute Gasteiger partial charge is 0.225 e. The van der Waals surface area contributed by atoms with Gasteiger partial charge in [-0.15, -0.1) is 0 Å². The molecule has 2 aliphatic rings. The van der Waals surface area contributed by atoms with Crippen LogP contribution in [0.2, 0.25) is 0 Å². The van der Waals surface area contributed by atoms with Gasteiger partial charge in [0.15, 0.2) is 11.5 Å². The zero-order valence-electron chi connectivity index (χ0n) is 19.5. The zero-order chi connectivity index (χ0) is 22.6. The van der Waals surface area contributed by atoms with Crippen molar-refractivity contribution in [2.24, 2.45) is 0 Å². The molecule has 0 bridgehead atoms. The molecule has 0 spiro atoms. The molecule has 4 heterocycles. The van der Waals surface area contributed by atoms with Crippen LogP contribution in [-0.4, -0.2) is 65.5 Å². The van der Waals surface area contributed by atoms with Gasteiger partial charge in [-0.05, 0) is 56.0 Å². The fourth-order valence-electron chi connectivity index (χ4n) is 5.05. The molecule has 1 aromatic carbocycles. The summed E-state index contributed by atoms with van der Waals surface area (Å²) in [5.74, 6) is 2.76. The summed E-state index contributed by atoms with van der Waals surface area (Å²) in [6.07, 6.45) is 8.50. The number of methoxy groups -OCH3 is 2. The maximum atomic E-state index is 5.48. The van der Waals surface area contributed by atoms with Crippen LogP contribution in [0.3, 0.4) is 0 Å². The predicted molar refractivity (Wildman–Crippen MR) is 128 cm³/mol. The lowest BCUT2D eigenvalue weighted by molar-refractivity contribution is 0.198. The summed E-state index contributed by atoms with van der Waals surface area (Å²) in [5.41, 5.74) is 4.45. The van der Waals surface area contributed by atoms with Gasteiger partial charge in [0.2, 0.25) is 5.95 Å². The second-order valence-corrected chi connectivity index (χ2v) is 8.90. The van der Waals surface area contributed by atoms with Gasteiger partial charge in [-0.1, -0.05) is 6.07 Å². The van der Waals surface area contributed by atoms with Crippen molar-refractivity contribution in [2.75, 3.05) is 45.3 Å². The molecule has 174 valence electrons. The van der Waals surface area contributed by atoms with E-state index in [0.29, 0.717) is 5.92 Å². The number of hydrogen-bond acceptors (Lipinski definition) is 7. The second-order valence-electron chi connectivity index (χ2n) is 8.90. The van der Waals surface area contributed by atoms with Gasteiger partial charge in [-0.3, -0.25) is 10.00 Å². The molecular weight excluding hydrogens is 416 g/mol. The monoisotopic (exact) mass is 448 g/mol. The molecule has 1 atom stereocenters. The van der Waals surface area contributed by atoms with Crippen LogP contribution in [0.15, 0.2) is 36.7 Å². The highest BCUT2D eigenvalue weighted by Gasteiger charge is 2.26. The molecule has 0 radical (unpaired) electrons. The SMILES string of the molecule is COc1ccc(CN2CCC[C@@H](c3[nH]ncc3-c3ccnc(N4CCCC4)n3)C2)cc1OC. The Morgan fingerprint density at radius 1 is 1.03 bits per heavy atom. The van der Waals surface area contributed by atoms with Crippen molar-refractivity contribution in [3.05, 3.63) is 47.9 Å². The van der Waals surface area contributed by atoms with Gasteiger partial charge in [-0.2, -0.15) is 5.10 Å². The highest BCUT2D eigenvalue weighted by Crippen LogP contribution is 2.34. The zero-order valence-corrected chi connectivity index (χ0v) is 19.5. The van der Waals surface area contributed by atoms with Crippen molar-refractivity contribution in [3.63, 3.8) is 0 Å². The van der Waals surface area contributed by atoms with Gasteiger partial charge in [0.05, 0.1) is 26.1 Å². The normalized spacial score (nSPS) is 19.1. The fraction of sp³-hybridized carbons (Fsp3) is 0.480. The Labute approximate surface area is 194 Å². The average molecular weight is 449 g/mol. The van der Waals surface area contributed by atoms with Gasteiger partial charge in [0, 0.05) is 49.6 Å². The van der Waals surface area contributed by atoms with Crippen molar-refractivity contribution < 1.29 is 9.47 Å². The Morgan fingerprint density at radius 2 is 1.88 bits per heavy atom. The lowest BCUT2D eigenvalue weighted by Crippen LogP contribution is -2.34. The Morgan fingerprint density at radius 3 is 2.70 bits per heavy atom. The minimum atomic E-state index is 0.390. The number of H-pyrrole nitrogens is 1. The molecule has 0 saturated carbocycles. The molecule has 3 aromatic rings. The maximum Gasteiger partial charge on any atom is 0.225 e. The summed E-state index contributed by atoms with van der Waals surface area (Å²) in [5, 5.41) is 7.70. The van der Waals surface area contributed by atoms with Crippen LogP contribution in [-0.2, 0) is 6.54 Å². The lowest BCUT2D eigenvalue weighted by atomic mass is 9.91. The number of likely N-dealkylation sites (tertiary alicyclic amines) is 1. The number of ether oxygens (including phenoxy) is 2. The summed E-state index contributed by atoms with van der Waals surface area (Å²) in [7, 11) is 3.35. The van der Waals surface area contributed by atoms with Crippen LogP contribution in [0.5, 0.6) is 11.5 Å². The largest absolute Gasteiger partial charge is 0.493 e. The van der Waals surface area contributed by atoms with E-state index in [1.165, 1.54) is 24.1 Å². The molecule has 2 aromatic heterocycles. The van der Waals surface area contributed by atoms with Gasteiger partial charge < -0.3 is 14.4 Å². The number of nitrogens with one attached hydrogen (secondary N) is 1. The molecule has 33 heavy (non-hydrogen) atoms. The standard InChI is InChI=1S/C25H32N6O2/c1-32-22-8-7-18(14-23(22)33-2)16-30-11-5-6-19(17-30)24-20(15-27-29-24)21-9-10-26-25(28-21)31-12-3-4-13-31/h7-10,14-15,19H,3-6,11-13,16-17H2,1-2H3,(H,27,29)/t19-/m1/s1. The van der Waals surface area contributed by atoms with Crippen molar-refractivity contribution in [1.82, 2.24) is 25.1 Å². The quantitative estimate of drug-likeness (QED) is 0.588. The molecule has 2 saturated heterocycles. The molecule has 2 aliphatic heterocycles. The minimum absolute atomic E-state index is 0.390. The number of anilines is 1. The van der Waals surface area contributed by atoms with Crippen molar-refractivity contribution in [2.45, 2.75) is 38.1 Å². The van der Waals surface area contributed by atoms with Gasteiger partial charge in [0.25, 0.3) is 0 Å². The Balaban J connectivity index is 1.32. The number of rotatable bonds is 7. The molecule has 8 heteroatoms. The van der Waals surface area contributed by atoms with E-state index in [1.54, 1.807) is 14.2 Å². The molecule has 8 nitrogen and oxygen atoms in total. The van der Waals surface area contributed by atoms with E-state index >= 15 is 0 Å². The Kier molecular flexibility index (Phi) is 6.44. The van der Waals surface area contributed by atoms with Crippen LogP contribution in [0.4, 0.5) is 5.95 Å². The highest BCUT2D eigenvalue weighted by molar-refractivity contribution is 5.63. The van der Waals surface area contributed by atoms with E-state index in [2.05, 4.69) is 37.1 Å². The Bertz CT molecular complexity index is 1080. The number of aromatic nitrogens is 4. The maximum absolute atomic E-state index is 5.48. The van der Waals surface area contributed by atoms with E-state index < -0.39 is 0 Å². The molecule has 1 N–H and O–H groups in total. The predicted octanol–water partition coefficient (Wildman–Crippen LogP) is 3.86. The molecule has 5 rings (SSSR count). The van der Waals surface area contributed by atoms with E-state index in [9.17, 15) is 0 Å². The highest BCUT2D eigenvalue weighted by atomic mass is 16.5. The van der Waals surface area contributed by atoms with Gasteiger partial charge >= 0.3 is 0 Å². The Hall–Kier alpha value is -3.13. The van der Waals surface area contributed by atoms with Crippen LogP contribution in [0.1, 0.15) is 42.9 Å². The molecule has 2 fully saturated rings. The summed E-state index contributed by atoms with van der Waals surface area (Å²) in [4.78, 5) is 14.2. The minimum Gasteiger partial charge on any atom is -0.493 e. The first kappa shape index (κ1) is 21.7. The summed E-state index contributed by atoms with van der Waals surface area (Å²) in [6, 6.07) is 8.17. The van der Waals surface area contributed by atoms with E-state index in [4.69, 9.17) is 14.5 Å². The number of piperidine rings is 1. The van der Waals surface area contributed by atoms with Crippen LogP contribution < -0.4 is 14.4 Å². The number of benzene rings is 1. The topological polar surface area (TPSA) is 79.4 Å². The fourth-order valence-corrected chi connectivity index (χ4v) is 5.05. The summed E-state index contributed by atoms with van der Waals surface area (Å²) < 4.78 is 10.9. The average Bonchev–Trinajstić information content (AvgIpc) is 3.57. The van der Waals surface area contributed by atoms with Crippen LogP contribution in [0, 0.1) is 0 Å². The molecule has 0 aliphatic carbocycles. The third-order valence-electron chi connectivity index (χ3n) is 6.74. The van der Waals surface area contributed by atoms with Crippen LogP contribution in [0.25, 0.3) is 11.3 Å². The number of aromatic amines is 1. The van der Waals surface area contributed by atoms with Crippen molar-refractivity contribution in [3.8, 4) is 22.8 Å². The molecular formula is C25H32N6O2. The number of hydrogen-bond donors (Lipinski definition) is 1.